The van der Waals surface area contributed by atoms with Crippen molar-refractivity contribution in [3.8, 4) is 0 Å². The summed E-state index contributed by atoms with van der Waals surface area (Å²) in [4.78, 5) is 28.2. The van der Waals surface area contributed by atoms with Crippen LogP contribution in [0.1, 0.15) is 39.0 Å². The van der Waals surface area contributed by atoms with Gasteiger partial charge in [-0.2, -0.15) is 0 Å². The molecule has 0 aromatic rings. The standard InChI is InChI=1S/C26H41ClF3N5O3S/c1-12-6-15(16-7-21(27)32-9-19(16)38-2)17(8-31-12)24(36)34-26-33-18-10-35(11-20(18)39-26)25(37)14-5-3-4-13(22(14)28)23(29)30/h12-23,26,31-33H,3-11H2,1-2H3,(H,34,36). The summed E-state index contributed by atoms with van der Waals surface area (Å²) in [5, 5.41) is 13.4. The molecule has 1 saturated carbocycles. The molecule has 1 aliphatic carbocycles. The van der Waals surface area contributed by atoms with Crippen LogP contribution in [0.5, 0.6) is 0 Å². The molecule has 12 unspecified atom stereocenters. The Balaban J connectivity index is 1.16. The Morgan fingerprint density at radius 1 is 1.10 bits per heavy atom. The van der Waals surface area contributed by atoms with E-state index in [1.165, 1.54) is 0 Å². The number of thioether (sulfide) groups is 1. The van der Waals surface area contributed by atoms with Crippen LogP contribution >= 0.6 is 23.4 Å². The second-order valence-corrected chi connectivity index (χ2v) is 13.8. The molecule has 5 aliphatic rings. The Kier molecular flexibility index (Phi) is 9.60. The number of amides is 2. The van der Waals surface area contributed by atoms with Crippen LogP contribution in [0.15, 0.2) is 0 Å². The summed E-state index contributed by atoms with van der Waals surface area (Å²) in [6, 6.07) is 0.252. The van der Waals surface area contributed by atoms with E-state index >= 15 is 0 Å². The largest absolute Gasteiger partial charge is 0.380 e. The van der Waals surface area contributed by atoms with Gasteiger partial charge in [0.05, 0.1) is 29.4 Å². The van der Waals surface area contributed by atoms with Crippen LogP contribution in [-0.2, 0) is 14.3 Å². The lowest BCUT2D eigenvalue weighted by Crippen LogP contribution is -2.57. The van der Waals surface area contributed by atoms with Crippen LogP contribution < -0.4 is 21.3 Å². The second kappa shape index (κ2) is 12.6. The molecule has 5 rings (SSSR count). The van der Waals surface area contributed by atoms with Crippen molar-refractivity contribution in [3.63, 3.8) is 0 Å². The van der Waals surface area contributed by atoms with E-state index in [4.69, 9.17) is 16.3 Å². The minimum Gasteiger partial charge on any atom is -0.380 e. The van der Waals surface area contributed by atoms with E-state index in [1.807, 2.05) is 0 Å². The minimum absolute atomic E-state index is 0.00323. The second-order valence-electron chi connectivity index (χ2n) is 11.9. The Hall–Kier alpha value is -0.790. The number of carbonyl (C=O) groups is 2. The summed E-state index contributed by atoms with van der Waals surface area (Å²) in [5.74, 6) is -2.64. The van der Waals surface area contributed by atoms with Crippen molar-refractivity contribution in [2.75, 3.05) is 33.3 Å². The maximum atomic E-state index is 14.8. The minimum atomic E-state index is -2.75. The summed E-state index contributed by atoms with van der Waals surface area (Å²) in [7, 11) is 1.71. The lowest BCUT2D eigenvalue weighted by atomic mass is 9.70. The smallest absolute Gasteiger partial charge is 0.244 e. The Labute approximate surface area is 237 Å². The molecule has 4 N–H and O–H groups in total. The maximum Gasteiger partial charge on any atom is 0.244 e. The van der Waals surface area contributed by atoms with E-state index in [-0.39, 0.29) is 64.4 Å². The van der Waals surface area contributed by atoms with Crippen molar-refractivity contribution in [2.45, 2.75) is 86.1 Å². The van der Waals surface area contributed by atoms with Gasteiger partial charge in [0.1, 0.15) is 11.7 Å². The molecule has 0 radical (unpaired) electrons. The van der Waals surface area contributed by atoms with Crippen LogP contribution in [0.2, 0.25) is 0 Å². The summed E-state index contributed by atoms with van der Waals surface area (Å²) in [6.45, 7) is 4.19. The molecule has 0 aromatic heterocycles. The number of hydrogen-bond acceptors (Lipinski definition) is 7. The molecule has 39 heavy (non-hydrogen) atoms. The number of nitrogens with one attached hydrogen (secondary N) is 4. The van der Waals surface area contributed by atoms with E-state index in [0.717, 1.165) is 12.8 Å². The van der Waals surface area contributed by atoms with E-state index in [2.05, 4.69) is 28.2 Å². The van der Waals surface area contributed by atoms with Gasteiger partial charge in [-0.1, -0.05) is 6.42 Å². The average molecular weight is 596 g/mol. The molecule has 4 heterocycles. The van der Waals surface area contributed by atoms with Crippen molar-refractivity contribution in [1.82, 2.24) is 26.2 Å². The first-order valence-corrected chi connectivity index (χ1v) is 15.6. The lowest BCUT2D eigenvalue weighted by molar-refractivity contribution is -0.141. The third-order valence-electron chi connectivity index (χ3n) is 9.53. The highest BCUT2D eigenvalue weighted by atomic mass is 35.5. The highest BCUT2D eigenvalue weighted by Gasteiger charge is 2.49. The third kappa shape index (κ3) is 6.35. The zero-order chi connectivity index (χ0) is 27.8. The van der Waals surface area contributed by atoms with Gasteiger partial charge in [-0.15, -0.1) is 23.4 Å². The van der Waals surface area contributed by atoms with E-state index < -0.39 is 24.4 Å². The van der Waals surface area contributed by atoms with Gasteiger partial charge in [0.25, 0.3) is 0 Å². The number of fused-ring (bicyclic) bond motifs is 1. The first-order chi connectivity index (χ1) is 18.7. The number of carbonyl (C=O) groups excluding carboxylic acids is 2. The fraction of sp³-hybridized carbons (Fsp3) is 0.923. The van der Waals surface area contributed by atoms with Gasteiger partial charge >= 0.3 is 0 Å². The molecule has 5 fully saturated rings. The van der Waals surface area contributed by atoms with E-state index in [9.17, 15) is 22.8 Å². The lowest BCUT2D eigenvalue weighted by Gasteiger charge is -2.45. The van der Waals surface area contributed by atoms with Crippen LogP contribution in [0.25, 0.3) is 0 Å². The number of rotatable bonds is 6. The molecule has 0 spiro atoms. The molecule has 13 heteroatoms. The van der Waals surface area contributed by atoms with Crippen LogP contribution in [0.3, 0.4) is 0 Å². The predicted molar refractivity (Wildman–Crippen MR) is 144 cm³/mol. The van der Waals surface area contributed by atoms with Crippen molar-refractivity contribution >= 4 is 35.2 Å². The van der Waals surface area contributed by atoms with Gasteiger partial charge in [-0.3, -0.25) is 20.2 Å². The van der Waals surface area contributed by atoms with E-state index in [1.54, 1.807) is 23.8 Å². The SMILES string of the molecule is COC1CNC(Cl)CC1C1CC(C)NCC1C(=O)NC1NC2CN(C(=O)C3CCCC(C(F)F)C3F)CC2S1. The predicted octanol–water partition coefficient (Wildman–Crippen LogP) is 2.13. The van der Waals surface area contributed by atoms with Crippen molar-refractivity contribution in [2.24, 2.45) is 29.6 Å². The topological polar surface area (TPSA) is 94.7 Å². The first kappa shape index (κ1) is 29.7. The monoisotopic (exact) mass is 595 g/mol. The normalized spacial score (nSPS) is 44.8. The number of hydrogen-bond donors (Lipinski definition) is 4. The van der Waals surface area contributed by atoms with Gasteiger partial charge in [-0.25, -0.2) is 13.2 Å². The van der Waals surface area contributed by atoms with Gasteiger partial charge in [-0.05, 0) is 44.4 Å². The van der Waals surface area contributed by atoms with Crippen molar-refractivity contribution in [1.29, 1.82) is 0 Å². The Morgan fingerprint density at radius 3 is 2.62 bits per heavy atom. The van der Waals surface area contributed by atoms with Crippen molar-refractivity contribution in [3.05, 3.63) is 0 Å². The average Bonchev–Trinajstić information content (AvgIpc) is 3.47. The maximum absolute atomic E-state index is 14.8. The molecular formula is C26H41ClF3N5O3S. The molecule has 4 aliphatic heterocycles. The van der Waals surface area contributed by atoms with Gasteiger partial charge < -0.3 is 20.3 Å². The highest BCUT2D eigenvalue weighted by molar-refractivity contribution is 8.00. The zero-order valence-electron chi connectivity index (χ0n) is 22.5. The van der Waals surface area contributed by atoms with Crippen LogP contribution in [0, 0.1) is 29.6 Å². The molecule has 8 nitrogen and oxygen atoms in total. The molecule has 0 bridgehead atoms. The first-order valence-electron chi connectivity index (χ1n) is 14.2. The van der Waals surface area contributed by atoms with Crippen LogP contribution in [-0.4, -0.2) is 97.0 Å². The number of piperidine rings is 2. The summed E-state index contributed by atoms with van der Waals surface area (Å²) in [6.07, 6.45) is -2.06. The number of alkyl halides is 4. The van der Waals surface area contributed by atoms with Gasteiger partial charge in [0.15, 0.2) is 0 Å². The molecule has 4 saturated heterocycles. The molecular weight excluding hydrogens is 555 g/mol. The molecule has 12 atom stereocenters. The van der Waals surface area contributed by atoms with Gasteiger partial charge in [0.2, 0.25) is 18.2 Å². The molecule has 2 amide bonds. The fourth-order valence-corrected chi connectivity index (χ4v) is 9.10. The summed E-state index contributed by atoms with van der Waals surface area (Å²) >= 11 is 8.01. The van der Waals surface area contributed by atoms with E-state index in [0.29, 0.717) is 45.1 Å². The highest BCUT2D eigenvalue weighted by Crippen LogP contribution is 2.40. The van der Waals surface area contributed by atoms with Gasteiger partial charge in [0, 0.05) is 50.6 Å². The molecule has 222 valence electrons. The quantitative estimate of drug-likeness (QED) is 0.276. The Morgan fingerprint density at radius 2 is 1.90 bits per heavy atom. The number of ether oxygens (including phenoxy) is 1. The molecule has 0 aromatic carbocycles. The third-order valence-corrected chi connectivity index (χ3v) is 11.2. The number of halogens is 4. The van der Waals surface area contributed by atoms with Crippen LogP contribution in [0.4, 0.5) is 13.2 Å². The summed E-state index contributed by atoms with van der Waals surface area (Å²) in [5.41, 5.74) is -0.432. The zero-order valence-corrected chi connectivity index (χ0v) is 24.0. The summed E-state index contributed by atoms with van der Waals surface area (Å²) < 4.78 is 47.0. The number of likely N-dealkylation sites (tertiary alicyclic amines) is 1. The fourth-order valence-electron chi connectivity index (χ4n) is 7.40. The number of methoxy groups -OCH3 is 1. The van der Waals surface area contributed by atoms with Crippen molar-refractivity contribution < 1.29 is 27.5 Å². The Bertz CT molecular complexity index is 882. The number of nitrogens with zero attached hydrogens (tertiary/aromatic N) is 1.